The smallest absolute Gasteiger partial charge is 0.158 e. The van der Waals surface area contributed by atoms with Gasteiger partial charge in [-0.05, 0) is 25.0 Å². The highest BCUT2D eigenvalue weighted by atomic mass is 35.5. The number of sulfone groups is 1. The molecule has 96 valence electrons. The van der Waals surface area contributed by atoms with Crippen LogP contribution in [0.3, 0.4) is 0 Å². The minimum absolute atomic E-state index is 0.263. The second kappa shape index (κ2) is 4.24. The monoisotopic (exact) mass is 284 g/mol. The zero-order chi connectivity index (χ0) is 12.8. The average Bonchev–Trinajstić information content (AvgIpc) is 2.73. The molecular formula is C12H13ClN2O2S. The van der Waals surface area contributed by atoms with Crippen molar-refractivity contribution in [2.75, 3.05) is 5.75 Å². The van der Waals surface area contributed by atoms with E-state index >= 15 is 0 Å². The molecule has 0 aliphatic carbocycles. The molecule has 1 aliphatic heterocycles. The van der Waals surface area contributed by atoms with Crippen LogP contribution in [0.5, 0.6) is 0 Å². The Morgan fingerprint density at radius 2 is 2.17 bits per heavy atom. The molecule has 3 heterocycles. The Balaban J connectivity index is 2.12. The number of hydrogen-bond donors (Lipinski definition) is 0. The van der Waals surface area contributed by atoms with Crippen LogP contribution in [0.2, 0.25) is 5.15 Å². The van der Waals surface area contributed by atoms with Crippen LogP contribution in [0.25, 0.3) is 5.65 Å². The number of nitrogens with zero attached hydrogens (tertiary/aromatic N) is 2. The third-order valence-corrected chi connectivity index (χ3v) is 5.88. The van der Waals surface area contributed by atoms with Crippen LogP contribution in [0.1, 0.15) is 30.2 Å². The fourth-order valence-corrected chi connectivity index (χ4v) is 4.54. The molecule has 2 aromatic heterocycles. The lowest BCUT2D eigenvalue weighted by molar-refractivity contribution is 0.543. The number of imidazole rings is 1. The van der Waals surface area contributed by atoms with Crippen molar-refractivity contribution in [3.05, 3.63) is 35.2 Å². The molecule has 3 rings (SSSR count). The molecule has 1 unspecified atom stereocenters. The average molecular weight is 285 g/mol. The van der Waals surface area contributed by atoms with E-state index in [1.165, 1.54) is 0 Å². The number of halogens is 1. The van der Waals surface area contributed by atoms with Gasteiger partial charge >= 0.3 is 0 Å². The zero-order valence-electron chi connectivity index (χ0n) is 9.71. The highest BCUT2D eigenvalue weighted by Crippen LogP contribution is 2.33. The maximum Gasteiger partial charge on any atom is 0.158 e. The lowest BCUT2D eigenvalue weighted by Gasteiger charge is -2.20. The SMILES string of the molecule is O=S1(=O)CCCCC1c1cn2c(Cl)cccc2n1. The van der Waals surface area contributed by atoms with Crippen molar-refractivity contribution >= 4 is 27.1 Å². The molecule has 4 nitrogen and oxygen atoms in total. The second-order valence-electron chi connectivity index (χ2n) is 4.59. The van der Waals surface area contributed by atoms with Gasteiger partial charge in [0, 0.05) is 6.20 Å². The van der Waals surface area contributed by atoms with Crippen molar-refractivity contribution in [1.29, 1.82) is 0 Å². The summed E-state index contributed by atoms with van der Waals surface area (Å²) in [6, 6.07) is 5.39. The maximum atomic E-state index is 12.1. The Hall–Kier alpha value is -1.07. The molecule has 0 radical (unpaired) electrons. The van der Waals surface area contributed by atoms with Crippen molar-refractivity contribution in [1.82, 2.24) is 9.38 Å². The molecule has 2 aromatic rings. The zero-order valence-corrected chi connectivity index (χ0v) is 11.3. The second-order valence-corrected chi connectivity index (χ2v) is 7.28. The van der Waals surface area contributed by atoms with Gasteiger partial charge in [0.1, 0.15) is 16.1 Å². The molecule has 0 saturated carbocycles. The van der Waals surface area contributed by atoms with Crippen LogP contribution in [-0.2, 0) is 9.84 Å². The van der Waals surface area contributed by atoms with E-state index in [-0.39, 0.29) is 5.75 Å². The molecule has 0 spiro atoms. The Bertz CT molecular complexity index is 693. The summed E-state index contributed by atoms with van der Waals surface area (Å²) in [6.45, 7) is 0. The lowest BCUT2D eigenvalue weighted by atomic mass is 10.1. The molecule has 18 heavy (non-hydrogen) atoms. The lowest BCUT2D eigenvalue weighted by Crippen LogP contribution is -2.21. The third-order valence-electron chi connectivity index (χ3n) is 3.37. The first kappa shape index (κ1) is 12.0. The predicted octanol–water partition coefficient (Wildman–Crippen LogP) is 2.63. The largest absolute Gasteiger partial charge is 0.290 e. The highest BCUT2D eigenvalue weighted by Gasteiger charge is 2.32. The van der Waals surface area contributed by atoms with Gasteiger partial charge in [-0.25, -0.2) is 13.4 Å². The minimum Gasteiger partial charge on any atom is -0.290 e. The molecule has 1 aliphatic rings. The van der Waals surface area contributed by atoms with Gasteiger partial charge < -0.3 is 0 Å². The Morgan fingerprint density at radius 3 is 2.89 bits per heavy atom. The fourth-order valence-electron chi connectivity index (χ4n) is 2.44. The summed E-state index contributed by atoms with van der Waals surface area (Å²) < 4.78 is 25.8. The van der Waals surface area contributed by atoms with Crippen LogP contribution < -0.4 is 0 Å². The highest BCUT2D eigenvalue weighted by molar-refractivity contribution is 7.91. The van der Waals surface area contributed by atoms with Crippen LogP contribution in [0.15, 0.2) is 24.4 Å². The van der Waals surface area contributed by atoms with Crippen molar-refractivity contribution < 1.29 is 8.42 Å². The molecule has 1 fully saturated rings. The molecule has 0 N–H and O–H groups in total. The molecule has 0 aromatic carbocycles. The van der Waals surface area contributed by atoms with E-state index in [4.69, 9.17) is 11.6 Å². The fraction of sp³-hybridized carbons (Fsp3) is 0.417. The van der Waals surface area contributed by atoms with Gasteiger partial charge in [-0.2, -0.15) is 0 Å². The quantitative estimate of drug-likeness (QED) is 0.757. The first-order valence-corrected chi connectivity index (χ1v) is 8.02. The van der Waals surface area contributed by atoms with E-state index in [9.17, 15) is 8.42 Å². The Kier molecular flexibility index (Phi) is 2.83. The summed E-state index contributed by atoms with van der Waals surface area (Å²) in [5.41, 5.74) is 1.31. The van der Waals surface area contributed by atoms with E-state index in [1.807, 2.05) is 12.1 Å². The summed E-state index contributed by atoms with van der Waals surface area (Å²) in [5.74, 6) is 0.263. The number of pyridine rings is 1. The van der Waals surface area contributed by atoms with Gasteiger partial charge in [-0.15, -0.1) is 0 Å². The number of fused-ring (bicyclic) bond motifs is 1. The summed E-state index contributed by atoms with van der Waals surface area (Å²) in [6.07, 6.45) is 4.09. The number of aromatic nitrogens is 2. The van der Waals surface area contributed by atoms with E-state index in [1.54, 1.807) is 16.7 Å². The maximum absolute atomic E-state index is 12.1. The summed E-state index contributed by atoms with van der Waals surface area (Å²) in [5, 5.41) is 0.0710. The van der Waals surface area contributed by atoms with Gasteiger partial charge in [0.25, 0.3) is 0 Å². The third kappa shape index (κ3) is 1.91. The Labute approximate surface area is 111 Å². The van der Waals surface area contributed by atoms with E-state index in [2.05, 4.69) is 4.98 Å². The number of rotatable bonds is 1. The van der Waals surface area contributed by atoms with Crippen molar-refractivity contribution in [2.45, 2.75) is 24.5 Å². The summed E-state index contributed by atoms with van der Waals surface area (Å²) >= 11 is 6.05. The topological polar surface area (TPSA) is 51.4 Å². The van der Waals surface area contributed by atoms with Crippen LogP contribution >= 0.6 is 11.6 Å². The molecule has 6 heteroatoms. The first-order chi connectivity index (χ1) is 8.58. The van der Waals surface area contributed by atoms with E-state index in [0.29, 0.717) is 22.9 Å². The molecular weight excluding hydrogens is 272 g/mol. The van der Waals surface area contributed by atoms with Gasteiger partial charge in [-0.3, -0.25) is 4.40 Å². The normalized spacial score (nSPS) is 23.3. The first-order valence-electron chi connectivity index (χ1n) is 5.93. The summed E-state index contributed by atoms with van der Waals surface area (Å²) in [7, 11) is -3.06. The van der Waals surface area contributed by atoms with Gasteiger partial charge in [-0.1, -0.05) is 24.1 Å². The van der Waals surface area contributed by atoms with Crippen LogP contribution in [0, 0.1) is 0 Å². The Morgan fingerprint density at radius 1 is 1.33 bits per heavy atom. The number of hydrogen-bond acceptors (Lipinski definition) is 3. The van der Waals surface area contributed by atoms with Crippen molar-refractivity contribution in [2.24, 2.45) is 0 Å². The van der Waals surface area contributed by atoms with Crippen LogP contribution in [-0.4, -0.2) is 23.6 Å². The van der Waals surface area contributed by atoms with Gasteiger partial charge in [0.05, 0.1) is 11.4 Å². The van der Waals surface area contributed by atoms with Gasteiger partial charge in [0.15, 0.2) is 9.84 Å². The molecule has 1 saturated heterocycles. The molecule has 1 atom stereocenters. The minimum atomic E-state index is -3.06. The molecule has 0 bridgehead atoms. The van der Waals surface area contributed by atoms with Crippen LogP contribution in [0.4, 0.5) is 0 Å². The predicted molar refractivity (Wildman–Crippen MR) is 70.6 cm³/mol. The van der Waals surface area contributed by atoms with Gasteiger partial charge in [0.2, 0.25) is 0 Å². The molecule has 0 amide bonds. The van der Waals surface area contributed by atoms with E-state index < -0.39 is 15.1 Å². The van der Waals surface area contributed by atoms with Crippen molar-refractivity contribution in [3.63, 3.8) is 0 Å². The summed E-state index contributed by atoms with van der Waals surface area (Å²) in [4.78, 5) is 4.39. The van der Waals surface area contributed by atoms with E-state index in [0.717, 1.165) is 12.8 Å². The van der Waals surface area contributed by atoms with Crippen molar-refractivity contribution in [3.8, 4) is 0 Å². The standard InChI is InChI=1S/C12H13ClN2O2S/c13-11-5-3-6-12-14-9(8-15(11)12)10-4-1-2-7-18(10,16)17/h3,5-6,8,10H,1-2,4,7H2.